The van der Waals surface area contributed by atoms with Crippen molar-refractivity contribution < 1.29 is 13.2 Å². The van der Waals surface area contributed by atoms with Crippen LogP contribution < -0.4 is 5.32 Å². The number of aromatic nitrogens is 1. The van der Waals surface area contributed by atoms with E-state index in [2.05, 4.69) is 10.3 Å². The van der Waals surface area contributed by atoms with Crippen molar-refractivity contribution in [1.29, 1.82) is 0 Å². The molecule has 18 heavy (non-hydrogen) atoms. The van der Waals surface area contributed by atoms with Crippen molar-refractivity contribution in [3.63, 3.8) is 0 Å². The normalized spacial score (nSPS) is 16.2. The molecule has 0 unspecified atom stereocenters. The Morgan fingerprint density at radius 2 is 2.11 bits per heavy atom. The number of hydrogen-bond donors (Lipinski definition) is 1. The Morgan fingerprint density at radius 1 is 1.39 bits per heavy atom. The summed E-state index contributed by atoms with van der Waals surface area (Å²) in [7, 11) is 0. The number of alkyl halides is 3. The third-order valence-electron chi connectivity index (χ3n) is 2.88. The highest BCUT2D eigenvalue weighted by atomic mass is 32.1. The molecule has 0 aliphatic heterocycles. The molecule has 6 heteroatoms. The fourth-order valence-corrected chi connectivity index (χ4v) is 2.78. The summed E-state index contributed by atoms with van der Waals surface area (Å²) >= 11 is 1.20. The SMILES string of the molecule is CCCCc1nc(C(F)(F)F)c(CNC2CC2)s1. The van der Waals surface area contributed by atoms with Gasteiger partial charge in [0.2, 0.25) is 0 Å². The summed E-state index contributed by atoms with van der Waals surface area (Å²) in [5.41, 5.74) is -0.688. The molecule has 1 aliphatic carbocycles. The van der Waals surface area contributed by atoms with Gasteiger partial charge in [-0.05, 0) is 25.7 Å². The third-order valence-corrected chi connectivity index (χ3v) is 4.00. The molecule has 102 valence electrons. The second kappa shape index (κ2) is 5.57. The monoisotopic (exact) mass is 278 g/mol. The number of nitrogens with one attached hydrogen (secondary N) is 1. The summed E-state index contributed by atoms with van der Waals surface area (Å²) in [6, 6.07) is 0.410. The number of aryl methyl sites for hydroxylation is 1. The molecular weight excluding hydrogens is 261 g/mol. The molecule has 0 spiro atoms. The van der Waals surface area contributed by atoms with Crippen molar-refractivity contribution in [2.24, 2.45) is 0 Å². The van der Waals surface area contributed by atoms with Gasteiger partial charge in [0.1, 0.15) is 0 Å². The van der Waals surface area contributed by atoms with Crippen molar-refractivity contribution >= 4 is 11.3 Å². The fraction of sp³-hybridized carbons (Fsp3) is 0.750. The summed E-state index contributed by atoms with van der Waals surface area (Å²) in [6.45, 7) is 2.32. The first-order valence-electron chi connectivity index (χ1n) is 6.30. The van der Waals surface area contributed by atoms with Gasteiger partial charge in [0, 0.05) is 12.6 Å². The Hall–Kier alpha value is -0.620. The molecular formula is C12H17F3N2S. The van der Waals surface area contributed by atoms with Crippen LogP contribution in [0.15, 0.2) is 0 Å². The summed E-state index contributed by atoms with van der Waals surface area (Å²) in [6.07, 6.45) is 0.317. The molecule has 0 radical (unpaired) electrons. The van der Waals surface area contributed by atoms with E-state index in [-0.39, 0.29) is 0 Å². The van der Waals surface area contributed by atoms with Crippen LogP contribution in [0, 0.1) is 0 Å². The molecule has 1 N–H and O–H groups in total. The van der Waals surface area contributed by atoms with E-state index < -0.39 is 11.9 Å². The topological polar surface area (TPSA) is 24.9 Å². The second-order valence-electron chi connectivity index (χ2n) is 4.64. The summed E-state index contributed by atoms with van der Waals surface area (Å²) in [5, 5.41) is 3.73. The van der Waals surface area contributed by atoms with Gasteiger partial charge in [0.25, 0.3) is 0 Å². The van der Waals surface area contributed by atoms with E-state index in [9.17, 15) is 13.2 Å². The molecule has 0 saturated heterocycles. The highest BCUT2D eigenvalue weighted by molar-refractivity contribution is 7.11. The third kappa shape index (κ3) is 3.68. The number of unbranched alkanes of at least 4 members (excludes halogenated alkanes) is 1. The van der Waals surface area contributed by atoms with Gasteiger partial charge in [-0.2, -0.15) is 13.2 Å². The maximum atomic E-state index is 12.8. The van der Waals surface area contributed by atoms with E-state index in [4.69, 9.17) is 0 Å². The van der Waals surface area contributed by atoms with Crippen molar-refractivity contribution in [2.45, 2.75) is 57.8 Å². The van der Waals surface area contributed by atoms with Gasteiger partial charge in [0.05, 0.1) is 9.88 Å². The Labute approximate surface area is 109 Å². The Morgan fingerprint density at radius 3 is 2.67 bits per heavy atom. The molecule has 1 aromatic rings. The second-order valence-corrected chi connectivity index (χ2v) is 5.80. The molecule has 2 nitrogen and oxygen atoms in total. The average Bonchev–Trinajstić information content (AvgIpc) is 3.02. The minimum atomic E-state index is -4.33. The van der Waals surface area contributed by atoms with Gasteiger partial charge >= 0.3 is 6.18 Å². The van der Waals surface area contributed by atoms with E-state index in [1.165, 1.54) is 11.3 Å². The molecule has 1 fully saturated rings. The van der Waals surface area contributed by atoms with E-state index in [0.29, 0.717) is 28.9 Å². The minimum Gasteiger partial charge on any atom is -0.309 e. The number of thiazole rings is 1. The molecule has 0 bridgehead atoms. The molecule has 1 heterocycles. The van der Waals surface area contributed by atoms with Crippen LogP contribution in [0.25, 0.3) is 0 Å². The lowest BCUT2D eigenvalue weighted by Crippen LogP contribution is -2.18. The standard InChI is InChI=1S/C12H17F3N2S/c1-2-3-4-10-17-11(12(13,14)15)9(18-10)7-16-8-5-6-8/h8,16H,2-7H2,1H3. The van der Waals surface area contributed by atoms with Crippen LogP contribution in [0.3, 0.4) is 0 Å². The largest absolute Gasteiger partial charge is 0.434 e. The zero-order valence-electron chi connectivity index (χ0n) is 10.3. The molecule has 1 saturated carbocycles. The van der Waals surface area contributed by atoms with Crippen LogP contribution in [0.5, 0.6) is 0 Å². The van der Waals surface area contributed by atoms with Gasteiger partial charge in [0.15, 0.2) is 5.69 Å². The van der Waals surface area contributed by atoms with E-state index in [1.54, 1.807) is 0 Å². The van der Waals surface area contributed by atoms with Gasteiger partial charge in [-0.25, -0.2) is 4.98 Å². The first-order valence-corrected chi connectivity index (χ1v) is 7.11. The highest BCUT2D eigenvalue weighted by Crippen LogP contribution is 2.35. The molecule has 1 aliphatic rings. The zero-order chi connectivity index (χ0) is 13.2. The number of nitrogens with zero attached hydrogens (tertiary/aromatic N) is 1. The van der Waals surface area contributed by atoms with Crippen molar-refractivity contribution in [1.82, 2.24) is 10.3 Å². The molecule has 2 rings (SSSR count). The first kappa shape index (κ1) is 13.8. The predicted molar refractivity (Wildman–Crippen MR) is 65.6 cm³/mol. The first-order chi connectivity index (χ1) is 8.50. The molecule has 0 aromatic carbocycles. The molecule has 0 atom stereocenters. The van der Waals surface area contributed by atoms with Gasteiger partial charge in [-0.3, -0.25) is 0 Å². The number of halogens is 3. The van der Waals surface area contributed by atoms with Crippen LogP contribution in [0.4, 0.5) is 13.2 Å². The van der Waals surface area contributed by atoms with E-state index in [1.807, 2.05) is 6.92 Å². The quantitative estimate of drug-likeness (QED) is 0.857. The van der Waals surface area contributed by atoms with Crippen molar-refractivity contribution in [3.8, 4) is 0 Å². The Kier molecular flexibility index (Phi) is 4.27. The van der Waals surface area contributed by atoms with Crippen LogP contribution in [-0.4, -0.2) is 11.0 Å². The van der Waals surface area contributed by atoms with Crippen LogP contribution >= 0.6 is 11.3 Å². The Bertz CT molecular complexity index is 397. The van der Waals surface area contributed by atoms with Gasteiger partial charge in [-0.1, -0.05) is 13.3 Å². The summed E-state index contributed by atoms with van der Waals surface area (Å²) < 4.78 is 38.5. The lowest BCUT2D eigenvalue weighted by Gasteiger charge is -2.06. The smallest absolute Gasteiger partial charge is 0.309 e. The van der Waals surface area contributed by atoms with E-state index >= 15 is 0 Å². The lowest BCUT2D eigenvalue weighted by atomic mass is 10.2. The zero-order valence-corrected chi connectivity index (χ0v) is 11.1. The summed E-state index contributed by atoms with van der Waals surface area (Å²) in [4.78, 5) is 4.10. The molecule has 0 amide bonds. The van der Waals surface area contributed by atoms with Crippen LogP contribution in [0.2, 0.25) is 0 Å². The lowest BCUT2D eigenvalue weighted by molar-refractivity contribution is -0.141. The van der Waals surface area contributed by atoms with Crippen molar-refractivity contribution in [3.05, 3.63) is 15.6 Å². The Balaban J connectivity index is 2.09. The molecule has 1 aromatic heterocycles. The van der Waals surface area contributed by atoms with Crippen molar-refractivity contribution in [2.75, 3.05) is 0 Å². The van der Waals surface area contributed by atoms with E-state index in [0.717, 1.165) is 25.7 Å². The van der Waals surface area contributed by atoms with Crippen LogP contribution in [-0.2, 0) is 19.1 Å². The number of hydrogen-bond acceptors (Lipinski definition) is 3. The number of rotatable bonds is 6. The average molecular weight is 278 g/mol. The maximum Gasteiger partial charge on any atom is 0.434 e. The summed E-state index contributed by atoms with van der Waals surface area (Å²) in [5.74, 6) is 0. The minimum absolute atomic E-state index is 0.295. The fourth-order valence-electron chi connectivity index (χ4n) is 1.70. The predicted octanol–water partition coefficient (Wildman–Crippen LogP) is 3.76. The van der Waals surface area contributed by atoms with Gasteiger partial charge in [-0.15, -0.1) is 11.3 Å². The maximum absolute atomic E-state index is 12.8. The highest BCUT2D eigenvalue weighted by Gasteiger charge is 2.37. The van der Waals surface area contributed by atoms with Crippen LogP contribution in [0.1, 0.15) is 48.2 Å². The van der Waals surface area contributed by atoms with Gasteiger partial charge < -0.3 is 5.32 Å².